The number of amides is 3. The Morgan fingerprint density at radius 2 is 1.62 bits per heavy atom. The molecule has 0 radical (unpaired) electrons. The van der Waals surface area contributed by atoms with E-state index in [1.807, 2.05) is 0 Å². The minimum atomic E-state index is -0.925. The molecule has 2 aliphatic rings. The summed E-state index contributed by atoms with van der Waals surface area (Å²) in [4.78, 5) is 51.0. The number of ether oxygens (including phenoxy) is 1. The van der Waals surface area contributed by atoms with Crippen molar-refractivity contribution in [2.75, 3.05) is 19.6 Å². The number of benzene rings is 1. The number of esters is 1. The van der Waals surface area contributed by atoms with Gasteiger partial charge in [-0.25, -0.2) is 0 Å². The summed E-state index contributed by atoms with van der Waals surface area (Å²) in [7, 11) is 0. The third kappa shape index (κ3) is 2.89. The summed E-state index contributed by atoms with van der Waals surface area (Å²) in [6.07, 6.45) is 0.967. The molecule has 2 aliphatic heterocycles. The van der Waals surface area contributed by atoms with Crippen molar-refractivity contribution in [3.63, 3.8) is 0 Å². The second-order valence-electron chi connectivity index (χ2n) is 5.91. The Bertz CT molecular complexity index is 674. The molecule has 1 aromatic rings. The summed E-state index contributed by atoms with van der Waals surface area (Å²) in [6.45, 7) is 2.34. The number of imide groups is 1. The molecular weight excluding hydrogens is 312 g/mol. The highest BCUT2D eigenvalue weighted by atomic mass is 16.5. The zero-order valence-electron chi connectivity index (χ0n) is 13.4. The number of likely N-dealkylation sites (tertiary alicyclic amines) is 1. The van der Waals surface area contributed by atoms with Crippen LogP contribution in [0.4, 0.5) is 0 Å². The van der Waals surface area contributed by atoms with Gasteiger partial charge in [0, 0.05) is 13.1 Å². The minimum Gasteiger partial charge on any atom is -0.451 e. The van der Waals surface area contributed by atoms with Gasteiger partial charge in [0.15, 0.2) is 6.10 Å². The SMILES string of the molecule is C[C@@H](OC(=O)CN1C(=O)c2ccccc2C1=O)C(=O)N1CCCC1. The van der Waals surface area contributed by atoms with Gasteiger partial charge < -0.3 is 9.64 Å². The molecule has 7 heteroatoms. The fourth-order valence-electron chi connectivity index (χ4n) is 2.99. The summed E-state index contributed by atoms with van der Waals surface area (Å²) in [5.41, 5.74) is 0.549. The van der Waals surface area contributed by atoms with Gasteiger partial charge in [-0.1, -0.05) is 12.1 Å². The molecule has 0 N–H and O–H groups in total. The van der Waals surface area contributed by atoms with Crippen LogP contribution >= 0.6 is 0 Å². The highest BCUT2D eigenvalue weighted by Gasteiger charge is 2.37. The molecule has 1 fully saturated rings. The van der Waals surface area contributed by atoms with Crippen LogP contribution in [0.3, 0.4) is 0 Å². The van der Waals surface area contributed by atoms with Gasteiger partial charge in [0.2, 0.25) is 0 Å². The third-order valence-corrected chi connectivity index (χ3v) is 4.24. The fraction of sp³-hybridized carbons (Fsp3) is 0.412. The second kappa shape index (κ2) is 6.43. The van der Waals surface area contributed by atoms with E-state index in [2.05, 4.69) is 0 Å². The molecule has 1 atom stereocenters. The number of carbonyl (C=O) groups is 4. The first-order valence-electron chi connectivity index (χ1n) is 7.92. The van der Waals surface area contributed by atoms with Crippen LogP contribution in [0.5, 0.6) is 0 Å². The largest absolute Gasteiger partial charge is 0.451 e. The predicted molar refractivity (Wildman–Crippen MR) is 83.2 cm³/mol. The Hall–Kier alpha value is -2.70. The van der Waals surface area contributed by atoms with E-state index >= 15 is 0 Å². The van der Waals surface area contributed by atoms with E-state index in [9.17, 15) is 19.2 Å². The average molecular weight is 330 g/mol. The summed E-state index contributed by atoms with van der Waals surface area (Å²) in [5.74, 6) is -2.06. The van der Waals surface area contributed by atoms with Crippen LogP contribution in [0.15, 0.2) is 24.3 Å². The Morgan fingerprint density at radius 1 is 1.08 bits per heavy atom. The molecule has 1 aromatic carbocycles. The Morgan fingerprint density at radius 3 is 2.17 bits per heavy atom. The van der Waals surface area contributed by atoms with E-state index in [1.165, 1.54) is 6.92 Å². The van der Waals surface area contributed by atoms with Gasteiger partial charge in [-0.15, -0.1) is 0 Å². The Kier molecular flexibility index (Phi) is 4.33. The first kappa shape index (κ1) is 16.2. The molecule has 3 amide bonds. The molecule has 3 rings (SSSR count). The molecular formula is C17H18N2O5. The van der Waals surface area contributed by atoms with E-state index in [1.54, 1.807) is 29.2 Å². The number of rotatable bonds is 4. The number of hydrogen-bond acceptors (Lipinski definition) is 5. The van der Waals surface area contributed by atoms with Crippen molar-refractivity contribution in [3.8, 4) is 0 Å². The van der Waals surface area contributed by atoms with Crippen molar-refractivity contribution in [3.05, 3.63) is 35.4 Å². The standard InChI is InChI=1S/C17H18N2O5/c1-11(15(21)18-8-4-5-9-18)24-14(20)10-19-16(22)12-6-2-3-7-13(12)17(19)23/h2-3,6-7,11H,4-5,8-10H2,1H3/t11-/m1/s1. The molecule has 0 aromatic heterocycles. The van der Waals surface area contributed by atoms with Gasteiger partial charge in [-0.2, -0.15) is 0 Å². The Labute approximate surface area is 139 Å². The van der Waals surface area contributed by atoms with Crippen LogP contribution in [0.1, 0.15) is 40.5 Å². The predicted octanol–water partition coefficient (Wildman–Crippen LogP) is 0.837. The fourth-order valence-corrected chi connectivity index (χ4v) is 2.99. The number of nitrogens with zero attached hydrogens (tertiary/aromatic N) is 2. The zero-order chi connectivity index (χ0) is 17.3. The number of fused-ring (bicyclic) bond motifs is 1. The smallest absolute Gasteiger partial charge is 0.326 e. The van der Waals surface area contributed by atoms with Crippen molar-refractivity contribution < 1.29 is 23.9 Å². The van der Waals surface area contributed by atoms with E-state index in [4.69, 9.17) is 4.74 Å². The summed E-state index contributed by atoms with van der Waals surface area (Å²) in [6, 6.07) is 6.39. The molecule has 1 saturated heterocycles. The molecule has 0 saturated carbocycles. The van der Waals surface area contributed by atoms with E-state index in [-0.39, 0.29) is 17.0 Å². The zero-order valence-corrected chi connectivity index (χ0v) is 13.4. The van der Waals surface area contributed by atoms with Gasteiger partial charge >= 0.3 is 5.97 Å². The maximum atomic E-state index is 12.2. The average Bonchev–Trinajstić information content (AvgIpc) is 3.18. The molecule has 7 nitrogen and oxygen atoms in total. The molecule has 0 unspecified atom stereocenters. The molecule has 0 aliphatic carbocycles. The van der Waals surface area contributed by atoms with Gasteiger partial charge in [-0.3, -0.25) is 24.1 Å². The van der Waals surface area contributed by atoms with Crippen LogP contribution in [-0.4, -0.2) is 59.2 Å². The summed E-state index contributed by atoms with van der Waals surface area (Å²) >= 11 is 0. The quantitative estimate of drug-likeness (QED) is 0.603. The lowest BCUT2D eigenvalue weighted by Gasteiger charge is -2.21. The molecule has 0 spiro atoms. The van der Waals surface area contributed by atoms with E-state index in [0.29, 0.717) is 13.1 Å². The van der Waals surface area contributed by atoms with Crippen LogP contribution < -0.4 is 0 Å². The van der Waals surface area contributed by atoms with Gasteiger partial charge in [0.05, 0.1) is 11.1 Å². The molecule has 0 bridgehead atoms. The maximum Gasteiger partial charge on any atom is 0.326 e. The molecule has 126 valence electrons. The highest BCUT2D eigenvalue weighted by molar-refractivity contribution is 6.22. The van der Waals surface area contributed by atoms with Crippen LogP contribution in [0, 0.1) is 0 Å². The highest BCUT2D eigenvalue weighted by Crippen LogP contribution is 2.22. The van der Waals surface area contributed by atoms with Crippen molar-refractivity contribution >= 4 is 23.7 Å². The monoisotopic (exact) mass is 330 g/mol. The minimum absolute atomic E-state index is 0.247. The lowest BCUT2D eigenvalue weighted by molar-refractivity contribution is -0.158. The van der Waals surface area contributed by atoms with Gasteiger partial charge in [-0.05, 0) is 31.9 Å². The molecule has 2 heterocycles. The second-order valence-corrected chi connectivity index (χ2v) is 5.91. The van der Waals surface area contributed by atoms with Crippen molar-refractivity contribution in [2.45, 2.75) is 25.9 Å². The number of hydrogen-bond donors (Lipinski definition) is 0. The van der Waals surface area contributed by atoms with Gasteiger partial charge in [0.1, 0.15) is 6.54 Å². The van der Waals surface area contributed by atoms with Crippen LogP contribution in [-0.2, 0) is 14.3 Å². The van der Waals surface area contributed by atoms with Crippen LogP contribution in [0.25, 0.3) is 0 Å². The normalized spacial score (nSPS) is 17.9. The third-order valence-electron chi connectivity index (χ3n) is 4.24. The van der Waals surface area contributed by atoms with Crippen molar-refractivity contribution in [1.29, 1.82) is 0 Å². The first-order valence-corrected chi connectivity index (χ1v) is 7.92. The van der Waals surface area contributed by atoms with Crippen molar-refractivity contribution in [2.24, 2.45) is 0 Å². The maximum absolute atomic E-state index is 12.2. The van der Waals surface area contributed by atoms with E-state index in [0.717, 1.165) is 17.7 Å². The lowest BCUT2D eigenvalue weighted by atomic mass is 10.1. The lowest BCUT2D eigenvalue weighted by Crippen LogP contribution is -2.41. The van der Waals surface area contributed by atoms with Crippen molar-refractivity contribution in [1.82, 2.24) is 9.80 Å². The first-order chi connectivity index (χ1) is 11.5. The summed E-state index contributed by atoms with van der Waals surface area (Å²) < 4.78 is 5.11. The number of carbonyl (C=O) groups excluding carboxylic acids is 4. The van der Waals surface area contributed by atoms with E-state index < -0.39 is 30.4 Å². The Balaban J connectivity index is 1.60. The van der Waals surface area contributed by atoms with Crippen LogP contribution in [0.2, 0.25) is 0 Å². The van der Waals surface area contributed by atoms with Gasteiger partial charge in [0.25, 0.3) is 17.7 Å². The summed E-state index contributed by atoms with van der Waals surface area (Å²) in [5, 5.41) is 0. The molecule has 24 heavy (non-hydrogen) atoms. The topological polar surface area (TPSA) is 84.0 Å².